The second-order valence-electron chi connectivity index (χ2n) is 6.01. The van der Waals surface area contributed by atoms with Gasteiger partial charge < -0.3 is 14.6 Å². The fourth-order valence-corrected chi connectivity index (χ4v) is 3.16. The summed E-state index contributed by atoms with van der Waals surface area (Å²) >= 11 is 0. The van der Waals surface area contributed by atoms with Crippen LogP contribution in [-0.2, 0) is 11.3 Å². The number of fused-ring (bicyclic) bond motifs is 1. The van der Waals surface area contributed by atoms with Gasteiger partial charge in [-0.05, 0) is 12.1 Å². The second-order valence-corrected chi connectivity index (χ2v) is 6.01. The Bertz CT molecular complexity index is 1000. The van der Waals surface area contributed by atoms with E-state index in [0.29, 0.717) is 37.4 Å². The van der Waals surface area contributed by atoms with Gasteiger partial charge in [-0.2, -0.15) is 5.10 Å². The first-order valence-electron chi connectivity index (χ1n) is 8.11. The summed E-state index contributed by atoms with van der Waals surface area (Å²) in [6, 6.07) is 4.71. The van der Waals surface area contributed by atoms with Crippen LogP contribution in [0.3, 0.4) is 0 Å². The Hall–Kier alpha value is -3.27. The molecule has 0 spiro atoms. The van der Waals surface area contributed by atoms with E-state index in [-0.39, 0.29) is 17.2 Å². The molecule has 1 atom stereocenters. The average molecular weight is 356 g/mol. The molecule has 0 radical (unpaired) electrons. The van der Waals surface area contributed by atoms with Crippen LogP contribution in [0.1, 0.15) is 0 Å². The minimum absolute atomic E-state index is 0.115. The first-order valence-corrected chi connectivity index (χ1v) is 8.11. The largest absolute Gasteiger partial charge is 0.373 e. The Kier molecular flexibility index (Phi) is 4.09. The number of rotatable bonds is 4. The smallest absolute Gasteiger partial charge is 0.293 e. The van der Waals surface area contributed by atoms with Crippen LogP contribution in [0.4, 0.5) is 11.4 Å². The first-order chi connectivity index (χ1) is 12.6. The van der Waals surface area contributed by atoms with Crippen molar-refractivity contribution in [2.75, 3.05) is 24.6 Å². The summed E-state index contributed by atoms with van der Waals surface area (Å²) < 4.78 is 7.53. The van der Waals surface area contributed by atoms with E-state index < -0.39 is 10.5 Å². The van der Waals surface area contributed by atoms with E-state index >= 15 is 0 Å². The van der Waals surface area contributed by atoms with Gasteiger partial charge in [0.15, 0.2) is 0 Å². The molecule has 2 aromatic heterocycles. The number of benzene rings is 1. The number of nitro groups is 1. The van der Waals surface area contributed by atoms with Crippen molar-refractivity contribution in [3.05, 3.63) is 57.4 Å². The number of nitro benzene ring substituents is 1. The van der Waals surface area contributed by atoms with Crippen LogP contribution in [0, 0.1) is 10.1 Å². The molecule has 0 aliphatic carbocycles. The number of H-pyrrole nitrogens is 1. The molecule has 1 fully saturated rings. The summed E-state index contributed by atoms with van der Waals surface area (Å²) in [6.45, 7) is 2.01. The number of hydrogen-bond acceptors (Lipinski definition) is 7. The Morgan fingerprint density at radius 3 is 3.08 bits per heavy atom. The highest BCUT2D eigenvalue weighted by molar-refractivity contribution is 5.87. The molecule has 1 saturated heterocycles. The molecule has 1 N–H and O–H groups in total. The molecular formula is C16H16N6O4. The van der Waals surface area contributed by atoms with Gasteiger partial charge in [0.1, 0.15) is 5.69 Å². The van der Waals surface area contributed by atoms with E-state index in [0.717, 1.165) is 0 Å². The minimum atomic E-state index is -0.473. The second kappa shape index (κ2) is 6.56. The summed E-state index contributed by atoms with van der Waals surface area (Å²) in [7, 11) is 0. The minimum Gasteiger partial charge on any atom is -0.373 e. The number of aromatic amines is 1. The van der Waals surface area contributed by atoms with E-state index in [4.69, 9.17) is 4.74 Å². The van der Waals surface area contributed by atoms with Gasteiger partial charge in [0.05, 0.1) is 41.4 Å². The van der Waals surface area contributed by atoms with Crippen LogP contribution < -0.4 is 10.5 Å². The number of anilines is 1. The van der Waals surface area contributed by atoms with Gasteiger partial charge in [-0.3, -0.25) is 19.6 Å². The van der Waals surface area contributed by atoms with Crippen molar-refractivity contribution in [1.82, 2.24) is 19.7 Å². The van der Waals surface area contributed by atoms with Gasteiger partial charge in [-0.15, -0.1) is 0 Å². The van der Waals surface area contributed by atoms with Crippen LogP contribution in [0.15, 0.2) is 41.7 Å². The summed E-state index contributed by atoms with van der Waals surface area (Å²) in [5.74, 6) is 0. The third kappa shape index (κ3) is 3.02. The molecule has 0 amide bonds. The van der Waals surface area contributed by atoms with Crippen molar-refractivity contribution >= 4 is 22.3 Å². The molecule has 0 bridgehead atoms. The zero-order valence-corrected chi connectivity index (χ0v) is 13.7. The quantitative estimate of drug-likeness (QED) is 0.545. The third-order valence-electron chi connectivity index (χ3n) is 4.36. The number of nitrogens with zero attached hydrogens (tertiary/aromatic N) is 5. The van der Waals surface area contributed by atoms with Crippen molar-refractivity contribution in [1.29, 1.82) is 0 Å². The van der Waals surface area contributed by atoms with E-state index in [1.165, 1.54) is 12.4 Å². The lowest BCUT2D eigenvalue weighted by atomic mass is 10.1. The Morgan fingerprint density at radius 1 is 1.42 bits per heavy atom. The predicted octanol–water partition coefficient (Wildman–Crippen LogP) is 0.933. The Morgan fingerprint density at radius 2 is 2.31 bits per heavy atom. The third-order valence-corrected chi connectivity index (χ3v) is 4.36. The molecule has 26 heavy (non-hydrogen) atoms. The number of morpholine rings is 1. The molecule has 10 nitrogen and oxygen atoms in total. The maximum atomic E-state index is 11.9. The van der Waals surface area contributed by atoms with Crippen molar-refractivity contribution in [3.8, 4) is 0 Å². The molecule has 134 valence electrons. The van der Waals surface area contributed by atoms with Crippen molar-refractivity contribution in [3.63, 3.8) is 0 Å². The van der Waals surface area contributed by atoms with Crippen molar-refractivity contribution in [2.24, 2.45) is 0 Å². The fraction of sp³-hybridized carbons (Fsp3) is 0.312. The zero-order chi connectivity index (χ0) is 18.1. The summed E-state index contributed by atoms with van der Waals surface area (Å²) in [4.78, 5) is 31.5. The summed E-state index contributed by atoms with van der Waals surface area (Å²) in [5, 5.41) is 15.9. The lowest BCUT2D eigenvalue weighted by Crippen LogP contribution is -2.44. The van der Waals surface area contributed by atoms with Gasteiger partial charge in [0.25, 0.3) is 11.2 Å². The van der Waals surface area contributed by atoms with Crippen LogP contribution in [-0.4, -0.2) is 50.5 Å². The lowest BCUT2D eigenvalue weighted by molar-refractivity contribution is -0.384. The molecule has 1 aliphatic rings. The maximum Gasteiger partial charge on any atom is 0.293 e. The number of aromatic nitrogens is 4. The number of hydrogen-bond donors (Lipinski definition) is 1. The van der Waals surface area contributed by atoms with Crippen LogP contribution in [0.25, 0.3) is 10.9 Å². The van der Waals surface area contributed by atoms with Crippen molar-refractivity contribution in [2.45, 2.75) is 12.6 Å². The van der Waals surface area contributed by atoms with Gasteiger partial charge in [0.2, 0.25) is 0 Å². The first kappa shape index (κ1) is 16.2. The van der Waals surface area contributed by atoms with E-state index in [9.17, 15) is 14.9 Å². The van der Waals surface area contributed by atoms with Gasteiger partial charge in [-0.25, -0.2) is 4.98 Å². The molecule has 0 saturated carbocycles. The normalized spacial score (nSPS) is 17.5. The van der Waals surface area contributed by atoms with Crippen LogP contribution >= 0.6 is 0 Å². The molecule has 4 rings (SSSR count). The van der Waals surface area contributed by atoms with Crippen molar-refractivity contribution < 1.29 is 9.66 Å². The average Bonchev–Trinajstić information content (AvgIpc) is 3.14. The predicted molar refractivity (Wildman–Crippen MR) is 93.2 cm³/mol. The van der Waals surface area contributed by atoms with E-state index in [1.807, 2.05) is 17.2 Å². The number of ether oxygens (including phenoxy) is 1. The van der Waals surface area contributed by atoms with Crippen LogP contribution in [0.5, 0.6) is 0 Å². The highest BCUT2D eigenvalue weighted by atomic mass is 16.6. The van der Waals surface area contributed by atoms with E-state index in [2.05, 4.69) is 15.1 Å². The summed E-state index contributed by atoms with van der Waals surface area (Å²) in [5.41, 5.74) is 0.345. The molecule has 1 aromatic carbocycles. The lowest BCUT2D eigenvalue weighted by Gasteiger charge is -2.34. The molecule has 3 aromatic rings. The number of nitrogens with one attached hydrogen (secondary N) is 1. The standard InChI is InChI=1S/C16H16N6O4/c23-16-12-6-15(22(24)25)14(7-13(12)17-10-18-16)20-4-5-26-11(8-20)9-21-3-1-2-19-21/h1-3,6-7,10-11H,4-5,8-9H2,(H,17,18,23). The summed E-state index contributed by atoms with van der Waals surface area (Å²) in [6.07, 6.45) is 4.68. The maximum absolute atomic E-state index is 11.9. The highest BCUT2D eigenvalue weighted by Gasteiger charge is 2.27. The Labute approximate surface area is 147 Å². The molecule has 1 unspecified atom stereocenters. The monoisotopic (exact) mass is 356 g/mol. The van der Waals surface area contributed by atoms with Gasteiger partial charge in [0, 0.05) is 31.5 Å². The molecule has 1 aliphatic heterocycles. The fourth-order valence-electron chi connectivity index (χ4n) is 3.16. The Balaban J connectivity index is 1.69. The highest BCUT2D eigenvalue weighted by Crippen LogP contribution is 2.32. The molecule has 3 heterocycles. The van der Waals surface area contributed by atoms with E-state index in [1.54, 1.807) is 16.9 Å². The zero-order valence-electron chi connectivity index (χ0n) is 13.7. The van der Waals surface area contributed by atoms with Gasteiger partial charge >= 0.3 is 0 Å². The topological polar surface area (TPSA) is 119 Å². The van der Waals surface area contributed by atoms with Crippen LogP contribution in [0.2, 0.25) is 0 Å². The van der Waals surface area contributed by atoms with Gasteiger partial charge in [-0.1, -0.05) is 0 Å². The SMILES string of the molecule is O=c1[nH]cnc2cc(N3CCOC(Cn4cccn4)C3)c([N+](=O)[O-])cc12. The molecular weight excluding hydrogens is 340 g/mol. The molecule has 10 heteroatoms.